The lowest BCUT2D eigenvalue weighted by Gasteiger charge is -2.29. The number of aliphatic hydroxyl groups is 1. The molecule has 2 aromatic rings. The number of methoxy groups -OCH3 is 1. The fourth-order valence-electron chi connectivity index (χ4n) is 5.02. The van der Waals surface area contributed by atoms with Crippen LogP contribution in [0, 0.1) is 0 Å². The molecule has 0 spiro atoms. The predicted molar refractivity (Wildman–Crippen MR) is 157 cm³/mol. The van der Waals surface area contributed by atoms with E-state index in [0.717, 1.165) is 23.9 Å². The topological polar surface area (TPSA) is 126 Å². The molecule has 1 amide bonds. The van der Waals surface area contributed by atoms with Crippen molar-refractivity contribution in [1.82, 2.24) is 14.1 Å². The molecule has 0 aliphatic carbocycles. The van der Waals surface area contributed by atoms with Crippen LogP contribution in [0.2, 0.25) is 0 Å². The lowest BCUT2D eigenvalue weighted by molar-refractivity contribution is -0.140. The molecule has 4 rings (SSSR count). The highest BCUT2D eigenvalue weighted by atomic mass is 32.2. The van der Waals surface area contributed by atoms with Gasteiger partial charge in [0.2, 0.25) is 10.0 Å². The zero-order valence-corrected chi connectivity index (χ0v) is 24.9. The minimum atomic E-state index is -3.70. The number of aliphatic hydroxyl groups excluding tert-OH is 1. The van der Waals surface area contributed by atoms with Gasteiger partial charge in [0.05, 0.1) is 36.8 Å². The highest BCUT2D eigenvalue weighted by molar-refractivity contribution is 7.89. The SMILES string of the molecule is C=CCOc1ccc([C@H]2C(=C(O)c3ccc(S(=O)(=O)N(C)C)cc3)C(=O)C(=O)N2CCCN2CCOCC2)cc1OC. The lowest BCUT2D eigenvalue weighted by Crippen LogP contribution is -2.39. The summed E-state index contributed by atoms with van der Waals surface area (Å²) in [5.41, 5.74) is 0.676. The van der Waals surface area contributed by atoms with Crippen LogP contribution in [0.25, 0.3) is 5.76 Å². The van der Waals surface area contributed by atoms with Crippen LogP contribution in [0.5, 0.6) is 11.5 Å². The second-order valence-corrected chi connectivity index (χ2v) is 12.3. The molecule has 0 saturated carbocycles. The van der Waals surface area contributed by atoms with Crippen molar-refractivity contribution in [3.05, 3.63) is 71.8 Å². The molecule has 2 aromatic carbocycles. The predicted octanol–water partition coefficient (Wildman–Crippen LogP) is 2.65. The Hall–Kier alpha value is -3.71. The van der Waals surface area contributed by atoms with Crippen molar-refractivity contribution in [2.75, 3.05) is 67.2 Å². The van der Waals surface area contributed by atoms with Gasteiger partial charge in [-0.25, -0.2) is 12.7 Å². The Labute approximate surface area is 246 Å². The standard InChI is InChI=1S/C30H37N3O8S/c1-5-17-41-24-12-9-22(20-25(24)39-4)27-26(28(34)21-7-10-23(11-8-21)42(37,38)31(2)3)29(35)30(36)33(27)14-6-13-32-15-18-40-19-16-32/h5,7-12,20,27,34H,1,6,13-19H2,2-4H3/t27-/m0/s1. The Balaban J connectivity index is 1.74. The number of hydrogen-bond acceptors (Lipinski definition) is 9. The molecule has 0 unspecified atom stereocenters. The summed E-state index contributed by atoms with van der Waals surface area (Å²) < 4.78 is 42.7. The minimum Gasteiger partial charge on any atom is -0.507 e. The number of Topliss-reactive ketones (excluding diaryl/α,β-unsaturated/α-hetero) is 1. The Bertz CT molecular complexity index is 1450. The van der Waals surface area contributed by atoms with Crippen molar-refractivity contribution in [3.63, 3.8) is 0 Å². The fraction of sp³-hybridized carbons (Fsp3) is 0.400. The summed E-state index contributed by atoms with van der Waals surface area (Å²) in [5.74, 6) is -1.08. The second-order valence-electron chi connectivity index (χ2n) is 10.1. The number of benzene rings is 2. The van der Waals surface area contributed by atoms with E-state index >= 15 is 0 Å². The van der Waals surface area contributed by atoms with E-state index in [4.69, 9.17) is 14.2 Å². The number of rotatable bonds is 12. The molecule has 2 fully saturated rings. The number of carbonyl (C=O) groups excluding carboxylic acids is 2. The van der Waals surface area contributed by atoms with Crippen molar-refractivity contribution < 1.29 is 37.3 Å². The summed E-state index contributed by atoms with van der Waals surface area (Å²) in [7, 11) is 0.637. The van der Waals surface area contributed by atoms with Gasteiger partial charge < -0.3 is 24.2 Å². The van der Waals surface area contributed by atoms with Gasteiger partial charge in [0, 0.05) is 45.8 Å². The maximum absolute atomic E-state index is 13.5. The van der Waals surface area contributed by atoms with Gasteiger partial charge in [0.25, 0.3) is 11.7 Å². The van der Waals surface area contributed by atoms with Crippen molar-refractivity contribution in [2.45, 2.75) is 17.4 Å². The summed E-state index contributed by atoms with van der Waals surface area (Å²) >= 11 is 0. The van der Waals surface area contributed by atoms with E-state index in [1.165, 1.54) is 50.4 Å². The maximum atomic E-state index is 13.5. The van der Waals surface area contributed by atoms with Gasteiger partial charge in [-0.05, 0) is 48.4 Å². The average molecular weight is 600 g/mol. The van der Waals surface area contributed by atoms with E-state index in [1.807, 2.05) is 0 Å². The molecule has 11 nitrogen and oxygen atoms in total. The summed E-state index contributed by atoms with van der Waals surface area (Å²) in [6, 6.07) is 9.74. The van der Waals surface area contributed by atoms with Gasteiger partial charge >= 0.3 is 0 Å². The van der Waals surface area contributed by atoms with E-state index in [9.17, 15) is 23.1 Å². The van der Waals surface area contributed by atoms with Gasteiger partial charge in [0.15, 0.2) is 11.5 Å². The number of nitrogens with zero attached hydrogens (tertiary/aromatic N) is 3. The highest BCUT2D eigenvalue weighted by Crippen LogP contribution is 2.42. The third-order valence-corrected chi connectivity index (χ3v) is 9.11. The Morgan fingerprint density at radius 1 is 1.10 bits per heavy atom. The number of amides is 1. The molecular weight excluding hydrogens is 562 g/mol. The molecule has 1 atom stereocenters. The molecule has 1 N–H and O–H groups in total. The first-order valence-electron chi connectivity index (χ1n) is 13.6. The summed E-state index contributed by atoms with van der Waals surface area (Å²) in [6.45, 7) is 7.81. The van der Waals surface area contributed by atoms with Crippen molar-refractivity contribution >= 4 is 27.5 Å². The molecule has 0 aromatic heterocycles. The molecule has 12 heteroatoms. The zero-order chi connectivity index (χ0) is 30.4. The molecule has 2 saturated heterocycles. The number of morpholine rings is 1. The zero-order valence-electron chi connectivity index (χ0n) is 24.1. The van der Waals surface area contributed by atoms with Crippen LogP contribution in [0.15, 0.2) is 65.6 Å². The van der Waals surface area contributed by atoms with Crippen LogP contribution < -0.4 is 9.47 Å². The van der Waals surface area contributed by atoms with Gasteiger partial charge in [-0.2, -0.15) is 0 Å². The fourth-order valence-corrected chi connectivity index (χ4v) is 5.92. The third-order valence-electron chi connectivity index (χ3n) is 7.28. The average Bonchev–Trinajstić information content (AvgIpc) is 3.25. The number of ketones is 1. The van der Waals surface area contributed by atoms with E-state index in [2.05, 4.69) is 11.5 Å². The minimum absolute atomic E-state index is 0.0315. The first kappa shape index (κ1) is 31.2. The van der Waals surface area contributed by atoms with Gasteiger partial charge in [-0.15, -0.1) is 0 Å². The summed E-state index contributed by atoms with van der Waals surface area (Å²) in [4.78, 5) is 30.6. The number of sulfonamides is 1. The summed E-state index contributed by atoms with van der Waals surface area (Å²) in [6.07, 6.45) is 2.21. The molecule has 0 bridgehead atoms. The first-order chi connectivity index (χ1) is 20.1. The van der Waals surface area contributed by atoms with Crippen molar-refractivity contribution in [2.24, 2.45) is 0 Å². The van der Waals surface area contributed by atoms with Crippen LogP contribution in [0.3, 0.4) is 0 Å². The number of ether oxygens (including phenoxy) is 3. The monoisotopic (exact) mass is 599 g/mol. The molecule has 42 heavy (non-hydrogen) atoms. The van der Waals surface area contributed by atoms with Gasteiger partial charge in [0.1, 0.15) is 12.4 Å². The number of carbonyl (C=O) groups is 2. The smallest absolute Gasteiger partial charge is 0.295 e. The van der Waals surface area contributed by atoms with Crippen molar-refractivity contribution in [3.8, 4) is 11.5 Å². The van der Waals surface area contributed by atoms with E-state index in [-0.39, 0.29) is 29.2 Å². The maximum Gasteiger partial charge on any atom is 0.295 e. The van der Waals surface area contributed by atoms with Crippen LogP contribution in [0.4, 0.5) is 0 Å². The van der Waals surface area contributed by atoms with Crippen LogP contribution in [-0.2, 0) is 24.3 Å². The first-order valence-corrected chi connectivity index (χ1v) is 15.1. The Morgan fingerprint density at radius 2 is 1.79 bits per heavy atom. The normalized spacial score (nSPS) is 19.3. The van der Waals surface area contributed by atoms with E-state index in [1.54, 1.807) is 24.3 Å². The third kappa shape index (κ3) is 6.51. The highest BCUT2D eigenvalue weighted by Gasteiger charge is 2.46. The molecule has 0 radical (unpaired) electrons. The quantitative estimate of drug-likeness (QED) is 0.170. The second kappa shape index (κ2) is 13.5. The van der Waals surface area contributed by atoms with Crippen LogP contribution >= 0.6 is 0 Å². The summed E-state index contributed by atoms with van der Waals surface area (Å²) in [5, 5.41) is 11.4. The van der Waals surface area contributed by atoms with E-state index in [0.29, 0.717) is 36.7 Å². The Kier molecular flexibility index (Phi) is 10.0. The van der Waals surface area contributed by atoms with Gasteiger partial charge in [-0.1, -0.05) is 18.7 Å². The largest absolute Gasteiger partial charge is 0.507 e. The number of hydrogen-bond donors (Lipinski definition) is 1. The van der Waals surface area contributed by atoms with Crippen LogP contribution in [-0.4, -0.2) is 107 Å². The van der Waals surface area contributed by atoms with Gasteiger partial charge in [-0.3, -0.25) is 14.5 Å². The lowest BCUT2D eigenvalue weighted by atomic mass is 9.95. The molecule has 2 aliphatic rings. The molecule has 2 aliphatic heterocycles. The Morgan fingerprint density at radius 3 is 2.40 bits per heavy atom. The van der Waals surface area contributed by atoms with Crippen molar-refractivity contribution in [1.29, 1.82) is 0 Å². The van der Waals surface area contributed by atoms with Crippen LogP contribution in [0.1, 0.15) is 23.6 Å². The van der Waals surface area contributed by atoms with E-state index < -0.39 is 33.5 Å². The molecular formula is C30H37N3O8S. The molecule has 226 valence electrons. The number of likely N-dealkylation sites (tertiary alicyclic amines) is 1. The molecule has 2 heterocycles.